The fourth-order valence-corrected chi connectivity index (χ4v) is 1.44. The molecule has 0 saturated carbocycles. The zero-order chi connectivity index (χ0) is 13.3. The Bertz CT molecular complexity index is 515. The van der Waals surface area contributed by atoms with Crippen LogP contribution in [0.1, 0.15) is 12.0 Å². The van der Waals surface area contributed by atoms with Crippen molar-refractivity contribution in [3.05, 3.63) is 11.9 Å². The van der Waals surface area contributed by atoms with Gasteiger partial charge in [-0.2, -0.15) is 0 Å². The Hall–Kier alpha value is -2.52. The Morgan fingerprint density at radius 2 is 2.33 bits per heavy atom. The number of aromatic nitrogens is 3. The second-order valence-electron chi connectivity index (χ2n) is 3.58. The first kappa shape index (κ1) is 12.0. The number of nitrogens with zero attached hydrogens (tertiary/aromatic N) is 3. The van der Waals surface area contributed by atoms with Gasteiger partial charge in [-0.3, -0.25) is 10.1 Å². The van der Waals surface area contributed by atoms with Gasteiger partial charge in [-0.05, 0) is 0 Å². The van der Waals surface area contributed by atoms with E-state index in [0.717, 1.165) is 6.20 Å². The molecule has 2 rings (SSSR count). The minimum atomic E-state index is -2.33. The third-order valence-corrected chi connectivity index (χ3v) is 2.27. The van der Waals surface area contributed by atoms with Gasteiger partial charge >= 0.3 is 12.0 Å². The molecule has 10 heteroatoms. The van der Waals surface area contributed by atoms with Crippen LogP contribution in [0.25, 0.3) is 0 Å². The number of hydrogen-bond donors (Lipinski definition) is 3. The number of carbonyl (C=O) groups excluding carboxylic acids is 2. The number of aliphatic carboxylic acids is 1. The number of nitrogens with one attached hydrogen (secondary N) is 2. The van der Waals surface area contributed by atoms with E-state index in [1.807, 2.05) is 5.32 Å². The van der Waals surface area contributed by atoms with Crippen molar-refractivity contribution in [3.8, 4) is 0 Å². The lowest BCUT2D eigenvalue weighted by atomic mass is 10.2. The average molecular weight is 257 g/mol. The highest BCUT2D eigenvalue weighted by Gasteiger charge is 2.30. The molecule has 3 N–H and O–H groups in total. The molecule has 0 radical (unpaired) electrons. The van der Waals surface area contributed by atoms with Crippen molar-refractivity contribution in [2.45, 2.75) is 18.8 Å². The second kappa shape index (κ2) is 4.39. The Kier molecular flexibility index (Phi) is 2.92. The summed E-state index contributed by atoms with van der Waals surface area (Å²) in [6, 6.07) is -1.43. The van der Waals surface area contributed by atoms with E-state index < -0.39 is 30.2 Å². The Morgan fingerprint density at radius 3 is 2.89 bits per heavy atom. The maximum absolute atomic E-state index is 13.0. The summed E-state index contributed by atoms with van der Waals surface area (Å²) >= 11 is 0. The lowest BCUT2D eigenvalue weighted by Gasteiger charge is -2.03. The molecule has 0 unspecified atom stereocenters. The van der Waals surface area contributed by atoms with Crippen LogP contribution in [-0.2, 0) is 16.0 Å². The molecule has 3 amide bonds. The molecule has 1 aliphatic rings. The van der Waals surface area contributed by atoms with Crippen LogP contribution in [0, 0.1) is 0 Å². The number of carboxylic acids is 1. The van der Waals surface area contributed by atoms with Gasteiger partial charge in [0.2, 0.25) is 0 Å². The van der Waals surface area contributed by atoms with Gasteiger partial charge in [0.25, 0.3) is 12.2 Å². The predicted octanol–water partition coefficient (Wildman–Crippen LogP) is -1.42. The van der Waals surface area contributed by atoms with Crippen LogP contribution in [-0.4, -0.2) is 44.0 Å². The number of hydrogen-bond acceptors (Lipinski definition) is 5. The molecule has 1 aromatic rings. The van der Waals surface area contributed by atoms with Crippen LogP contribution in [0.4, 0.5) is 9.18 Å². The molecular formula is C8H8FN5O4. The largest absolute Gasteiger partial charge is 0.478 e. The molecule has 1 saturated heterocycles. The normalized spacial score (nSPS) is 20.4. The van der Waals surface area contributed by atoms with Crippen molar-refractivity contribution in [1.82, 2.24) is 25.6 Å². The Morgan fingerprint density at radius 1 is 1.61 bits per heavy atom. The second-order valence-corrected chi connectivity index (χ2v) is 3.58. The van der Waals surface area contributed by atoms with Crippen molar-refractivity contribution in [3.63, 3.8) is 0 Å². The monoisotopic (exact) mass is 257 g/mol. The highest BCUT2D eigenvalue weighted by molar-refractivity contribution is 6.04. The molecule has 0 aliphatic carbocycles. The van der Waals surface area contributed by atoms with Crippen LogP contribution < -0.4 is 10.6 Å². The van der Waals surface area contributed by atoms with Crippen LogP contribution in [0.15, 0.2) is 6.20 Å². The topological polar surface area (TPSA) is 126 Å². The summed E-state index contributed by atoms with van der Waals surface area (Å²) in [5.74, 6) is -2.22. The maximum atomic E-state index is 13.0. The van der Waals surface area contributed by atoms with Crippen molar-refractivity contribution < 1.29 is 23.9 Å². The van der Waals surface area contributed by atoms with Crippen LogP contribution in [0.5, 0.6) is 0 Å². The van der Waals surface area contributed by atoms with E-state index in [-0.39, 0.29) is 12.1 Å². The first-order valence-corrected chi connectivity index (χ1v) is 4.86. The Balaban J connectivity index is 2.05. The highest BCUT2D eigenvalue weighted by Crippen LogP contribution is 2.09. The van der Waals surface area contributed by atoms with Gasteiger partial charge in [-0.25, -0.2) is 18.7 Å². The highest BCUT2D eigenvalue weighted by atomic mass is 19.1. The van der Waals surface area contributed by atoms with Crippen LogP contribution >= 0.6 is 0 Å². The number of alkyl halides is 1. The van der Waals surface area contributed by atoms with E-state index in [9.17, 15) is 18.8 Å². The molecule has 1 aliphatic heterocycles. The van der Waals surface area contributed by atoms with E-state index in [4.69, 9.17) is 5.11 Å². The predicted molar refractivity (Wildman–Crippen MR) is 52.0 cm³/mol. The molecule has 2 atom stereocenters. The van der Waals surface area contributed by atoms with Gasteiger partial charge < -0.3 is 10.4 Å². The summed E-state index contributed by atoms with van der Waals surface area (Å²) in [5.41, 5.74) is 0.196. The summed E-state index contributed by atoms with van der Waals surface area (Å²) in [4.78, 5) is 32.4. The van der Waals surface area contributed by atoms with Gasteiger partial charge in [-0.15, -0.1) is 5.10 Å². The van der Waals surface area contributed by atoms with Gasteiger partial charge in [-0.1, -0.05) is 5.21 Å². The van der Waals surface area contributed by atoms with Crippen molar-refractivity contribution in [2.24, 2.45) is 0 Å². The standard InChI is InChI=1S/C8H8FN5O4/c9-5(7(16)17)14-2-3(12-13-14)1-4-6(15)11-8(18)10-4/h2,4-5H,1H2,(H,16,17)(H2,10,11,15,18)/t4-,5-/m0/s1. The van der Waals surface area contributed by atoms with Gasteiger partial charge in [0, 0.05) is 6.42 Å². The molecular weight excluding hydrogens is 249 g/mol. The molecule has 0 aromatic carbocycles. The number of urea groups is 1. The SMILES string of the molecule is O=C1NC(=O)[C@H](Cc2cn([C@H](F)C(=O)O)nn2)N1. The van der Waals surface area contributed by atoms with Gasteiger partial charge in [0.1, 0.15) is 6.04 Å². The number of carbonyl (C=O) groups is 3. The molecule has 9 nitrogen and oxygen atoms in total. The number of halogens is 1. The fraction of sp³-hybridized carbons (Fsp3) is 0.375. The molecule has 1 fully saturated rings. The molecule has 0 spiro atoms. The first-order chi connectivity index (χ1) is 8.47. The molecule has 2 heterocycles. The van der Waals surface area contributed by atoms with E-state index in [2.05, 4.69) is 15.6 Å². The van der Waals surface area contributed by atoms with E-state index >= 15 is 0 Å². The van der Waals surface area contributed by atoms with Crippen LogP contribution in [0.2, 0.25) is 0 Å². The lowest BCUT2D eigenvalue weighted by molar-refractivity contribution is -0.147. The Labute approximate surface area is 99.0 Å². The quantitative estimate of drug-likeness (QED) is 0.568. The van der Waals surface area contributed by atoms with Gasteiger partial charge in [0.05, 0.1) is 11.9 Å². The summed E-state index contributed by atoms with van der Waals surface area (Å²) in [6.07, 6.45) is -1.27. The number of carboxylic acid groups (broad SMARTS) is 1. The number of rotatable bonds is 4. The summed E-state index contributed by atoms with van der Waals surface area (Å²) in [6.45, 7) is 0. The minimum Gasteiger partial charge on any atom is -0.478 e. The van der Waals surface area contributed by atoms with E-state index in [1.54, 1.807) is 0 Å². The maximum Gasteiger partial charge on any atom is 0.361 e. The van der Waals surface area contributed by atoms with Crippen LogP contribution in [0.3, 0.4) is 0 Å². The smallest absolute Gasteiger partial charge is 0.361 e. The molecule has 96 valence electrons. The van der Waals surface area contributed by atoms with Crippen molar-refractivity contribution in [2.75, 3.05) is 0 Å². The molecule has 18 heavy (non-hydrogen) atoms. The molecule has 1 aromatic heterocycles. The lowest BCUT2D eigenvalue weighted by Crippen LogP contribution is -2.31. The van der Waals surface area contributed by atoms with Gasteiger partial charge in [0.15, 0.2) is 0 Å². The zero-order valence-electron chi connectivity index (χ0n) is 8.83. The van der Waals surface area contributed by atoms with E-state index in [0.29, 0.717) is 4.68 Å². The zero-order valence-corrected chi connectivity index (χ0v) is 8.83. The van der Waals surface area contributed by atoms with Crippen molar-refractivity contribution >= 4 is 17.9 Å². The summed E-state index contributed by atoms with van der Waals surface area (Å²) in [5, 5.41) is 19.6. The third kappa shape index (κ3) is 2.26. The number of amides is 3. The summed E-state index contributed by atoms with van der Waals surface area (Å²) < 4.78 is 13.6. The van der Waals surface area contributed by atoms with E-state index in [1.165, 1.54) is 0 Å². The summed E-state index contributed by atoms with van der Waals surface area (Å²) in [7, 11) is 0. The first-order valence-electron chi connectivity index (χ1n) is 4.86. The average Bonchev–Trinajstić information content (AvgIpc) is 2.86. The number of imide groups is 1. The fourth-order valence-electron chi connectivity index (χ4n) is 1.44. The minimum absolute atomic E-state index is 0.00388. The molecule has 0 bridgehead atoms. The van der Waals surface area contributed by atoms with Crippen molar-refractivity contribution in [1.29, 1.82) is 0 Å². The third-order valence-electron chi connectivity index (χ3n) is 2.27.